The number of para-hydroxylation sites is 1. The summed E-state index contributed by atoms with van der Waals surface area (Å²) in [6, 6.07) is 12.8. The summed E-state index contributed by atoms with van der Waals surface area (Å²) < 4.78 is 0. The summed E-state index contributed by atoms with van der Waals surface area (Å²) in [5, 5.41) is 20.6. The zero-order valence-electron chi connectivity index (χ0n) is 11.9. The van der Waals surface area contributed by atoms with Gasteiger partial charge in [0.2, 0.25) is 0 Å². The van der Waals surface area contributed by atoms with Gasteiger partial charge in [0.05, 0.1) is 17.1 Å². The lowest BCUT2D eigenvalue weighted by Crippen LogP contribution is -2.53. The lowest BCUT2D eigenvalue weighted by Gasteiger charge is -2.46. The van der Waals surface area contributed by atoms with Crippen molar-refractivity contribution >= 4 is 5.69 Å². The first-order valence-corrected chi connectivity index (χ1v) is 7.63. The highest BCUT2D eigenvalue weighted by atomic mass is 16.3. The Morgan fingerprint density at radius 3 is 2.15 bits per heavy atom. The standard InChI is InChI=1S/C17H22N2O/c18-14-16(8-4-5-9-16)17(20)10-12-19(13-11-17)15-6-2-1-3-7-15/h1-3,6-7,20H,4-5,8-13H2. The molecule has 0 aromatic heterocycles. The average Bonchev–Trinajstić information content (AvgIpc) is 3.00. The maximum atomic E-state index is 11.0. The summed E-state index contributed by atoms with van der Waals surface area (Å²) in [6.45, 7) is 1.67. The third-order valence-corrected chi connectivity index (χ3v) is 5.27. The molecule has 0 bridgehead atoms. The number of hydrogen-bond acceptors (Lipinski definition) is 3. The average molecular weight is 270 g/mol. The Hall–Kier alpha value is -1.53. The fourth-order valence-electron chi connectivity index (χ4n) is 3.91. The van der Waals surface area contributed by atoms with Gasteiger partial charge in [-0.1, -0.05) is 31.0 Å². The number of piperidine rings is 1. The third kappa shape index (κ3) is 2.09. The molecule has 3 nitrogen and oxygen atoms in total. The summed E-state index contributed by atoms with van der Waals surface area (Å²) in [5.41, 5.74) is -0.0637. The fraction of sp³-hybridized carbons (Fsp3) is 0.588. The monoisotopic (exact) mass is 270 g/mol. The quantitative estimate of drug-likeness (QED) is 0.898. The molecule has 1 aliphatic carbocycles. The topological polar surface area (TPSA) is 47.3 Å². The molecule has 0 radical (unpaired) electrons. The fourth-order valence-corrected chi connectivity index (χ4v) is 3.91. The minimum atomic E-state index is -0.788. The molecule has 20 heavy (non-hydrogen) atoms. The molecule has 1 saturated heterocycles. The molecule has 2 fully saturated rings. The molecule has 1 aliphatic heterocycles. The second-order valence-electron chi connectivity index (χ2n) is 6.26. The normalized spacial score (nSPS) is 24.3. The third-order valence-electron chi connectivity index (χ3n) is 5.27. The molecule has 0 unspecified atom stereocenters. The van der Waals surface area contributed by atoms with Gasteiger partial charge in [-0.05, 0) is 37.8 Å². The van der Waals surface area contributed by atoms with Crippen LogP contribution in [0.25, 0.3) is 0 Å². The van der Waals surface area contributed by atoms with Gasteiger partial charge < -0.3 is 10.0 Å². The highest BCUT2D eigenvalue weighted by Crippen LogP contribution is 2.50. The maximum Gasteiger partial charge on any atom is 0.0866 e. The molecule has 3 heteroatoms. The van der Waals surface area contributed by atoms with Crippen molar-refractivity contribution in [3.63, 3.8) is 0 Å². The van der Waals surface area contributed by atoms with Crippen molar-refractivity contribution in [2.45, 2.75) is 44.1 Å². The van der Waals surface area contributed by atoms with Crippen molar-refractivity contribution in [1.82, 2.24) is 0 Å². The van der Waals surface area contributed by atoms with Crippen LogP contribution in [0.1, 0.15) is 38.5 Å². The lowest BCUT2D eigenvalue weighted by atomic mass is 9.67. The first-order chi connectivity index (χ1) is 9.69. The molecule has 1 saturated carbocycles. The van der Waals surface area contributed by atoms with E-state index in [1.165, 1.54) is 5.69 Å². The van der Waals surface area contributed by atoms with E-state index in [0.717, 1.165) is 38.8 Å². The number of rotatable bonds is 2. The second-order valence-corrected chi connectivity index (χ2v) is 6.26. The van der Waals surface area contributed by atoms with Crippen molar-refractivity contribution in [1.29, 1.82) is 5.26 Å². The number of anilines is 1. The molecule has 0 spiro atoms. The molecule has 1 N–H and O–H groups in total. The smallest absolute Gasteiger partial charge is 0.0866 e. The van der Waals surface area contributed by atoms with Gasteiger partial charge in [-0.25, -0.2) is 0 Å². The van der Waals surface area contributed by atoms with E-state index < -0.39 is 11.0 Å². The molecular weight excluding hydrogens is 248 g/mol. The highest BCUT2D eigenvalue weighted by Gasteiger charge is 2.53. The van der Waals surface area contributed by atoms with Gasteiger partial charge in [-0.15, -0.1) is 0 Å². The molecule has 1 aromatic rings. The van der Waals surface area contributed by atoms with Gasteiger partial charge in [0, 0.05) is 18.8 Å². The van der Waals surface area contributed by atoms with Crippen LogP contribution in [0.15, 0.2) is 30.3 Å². The number of aliphatic hydroxyl groups is 1. The van der Waals surface area contributed by atoms with Crippen LogP contribution < -0.4 is 4.90 Å². The van der Waals surface area contributed by atoms with Crippen LogP contribution in [-0.2, 0) is 0 Å². The number of benzene rings is 1. The number of nitriles is 1. The van der Waals surface area contributed by atoms with E-state index >= 15 is 0 Å². The van der Waals surface area contributed by atoms with E-state index in [9.17, 15) is 10.4 Å². The number of hydrogen-bond donors (Lipinski definition) is 1. The van der Waals surface area contributed by atoms with E-state index in [1.54, 1.807) is 0 Å². The van der Waals surface area contributed by atoms with Gasteiger partial charge in [0.25, 0.3) is 0 Å². The Bertz CT molecular complexity index is 491. The lowest BCUT2D eigenvalue weighted by molar-refractivity contribution is -0.0709. The zero-order chi connectivity index (χ0) is 14.1. The minimum Gasteiger partial charge on any atom is -0.388 e. The van der Waals surface area contributed by atoms with Crippen molar-refractivity contribution in [2.24, 2.45) is 5.41 Å². The zero-order valence-corrected chi connectivity index (χ0v) is 11.9. The summed E-state index contributed by atoms with van der Waals surface area (Å²) in [4.78, 5) is 2.31. The molecular formula is C17H22N2O. The van der Waals surface area contributed by atoms with Crippen LogP contribution in [0, 0.1) is 16.7 Å². The van der Waals surface area contributed by atoms with Gasteiger partial charge in [0.1, 0.15) is 0 Å². The summed E-state index contributed by atoms with van der Waals surface area (Å²) in [7, 11) is 0. The van der Waals surface area contributed by atoms with Gasteiger partial charge in [0.15, 0.2) is 0 Å². The van der Waals surface area contributed by atoms with E-state index in [1.807, 2.05) is 18.2 Å². The molecule has 3 rings (SSSR count). The molecule has 2 aliphatic rings. The molecule has 1 aromatic carbocycles. The van der Waals surface area contributed by atoms with E-state index in [4.69, 9.17) is 0 Å². The minimum absolute atomic E-state index is 0.490. The summed E-state index contributed by atoms with van der Waals surface area (Å²) >= 11 is 0. The highest BCUT2D eigenvalue weighted by molar-refractivity contribution is 5.46. The Kier molecular flexibility index (Phi) is 3.43. The van der Waals surface area contributed by atoms with Crippen LogP contribution in [0.4, 0.5) is 5.69 Å². The Morgan fingerprint density at radius 2 is 1.60 bits per heavy atom. The Labute approximate surface area is 120 Å². The predicted octanol–water partition coefficient (Wildman–Crippen LogP) is 3.10. The Morgan fingerprint density at radius 1 is 1.00 bits per heavy atom. The SMILES string of the molecule is N#CC1(C2(O)CCN(c3ccccc3)CC2)CCCC1. The molecule has 0 amide bonds. The summed E-state index contributed by atoms with van der Waals surface area (Å²) in [5.74, 6) is 0. The largest absolute Gasteiger partial charge is 0.388 e. The second kappa shape index (κ2) is 5.10. The van der Waals surface area contributed by atoms with E-state index in [0.29, 0.717) is 12.8 Å². The van der Waals surface area contributed by atoms with Gasteiger partial charge in [-0.2, -0.15) is 5.26 Å². The maximum absolute atomic E-state index is 11.0. The Balaban J connectivity index is 1.73. The van der Waals surface area contributed by atoms with Crippen molar-refractivity contribution in [2.75, 3.05) is 18.0 Å². The van der Waals surface area contributed by atoms with Crippen molar-refractivity contribution in [3.8, 4) is 6.07 Å². The van der Waals surface area contributed by atoms with Gasteiger partial charge >= 0.3 is 0 Å². The van der Waals surface area contributed by atoms with Crippen LogP contribution in [-0.4, -0.2) is 23.8 Å². The van der Waals surface area contributed by atoms with Crippen LogP contribution >= 0.6 is 0 Å². The van der Waals surface area contributed by atoms with E-state index in [2.05, 4.69) is 23.1 Å². The van der Waals surface area contributed by atoms with Gasteiger partial charge in [-0.3, -0.25) is 0 Å². The first-order valence-electron chi connectivity index (χ1n) is 7.63. The van der Waals surface area contributed by atoms with Crippen molar-refractivity contribution in [3.05, 3.63) is 30.3 Å². The number of nitrogens with zero attached hydrogens (tertiary/aromatic N) is 2. The van der Waals surface area contributed by atoms with Crippen LogP contribution in [0.2, 0.25) is 0 Å². The molecule has 1 heterocycles. The molecule has 106 valence electrons. The molecule has 0 atom stereocenters. The van der Waals surface area contributed by atoms with Crippen LogP contribution in [0.5, 0.6) is 0 Å². The first kappa shape index (κ1) is 13.5. The van der Waals surface area contributed by atoms with Crippen molar-refractivity contribution < 1.29 is 5.11 Å². The van der Waals surface area contributed by atoms with E-state index in [-0.39, 0.29) is 0 Å². The van der Waals surface area contributed by atoms with Crippen LogP contribution in [0.3, 0.4) is 0 Å². The predicted molar refractivity (Wildman–Crippen MR) is 79.4 cm³/mol. The summed E-state index contributed by atoms with van der Waals surface area (Å²) in [6.07, 6.45) is 5.30.